The van der Waals surface area contributed by atoms with E-state index in [2.05, 4.69) is 41.6 Å². The second kappa shape index (κ2) is 8.97. The van der Waals surface area contributed by atoms with Crippen LogP contribution in [0.3, 0.4) is 0 Å². The number of ether oxygens (including phenoxy) is 2. The molecule has 25 heavy (non-hydrogen) atoms. The van der Waals surface area contributed by atoms with Gasteiger partial charge in [0.15, 0.2) is 17.5 Å². The molecule has 5 heteroatoms. The fraction of sp³-hybridized carbons (Fsp3) is 0.650. The fourth-order valence-electron chi connectivity index (χ4n) is 3.30. The van der Waals surface area contributed by atoms with Crippen LogP contribution in [-0.4, -0.2) is 39.8 Å². The molecule has 0 aromatic heterocycles. The lowest BCUT2D eigenvalue weighted by Gasteiger charge is -2.29. The van der Waals surface area contributed by atoms with E-state index in [1.807, 2.05) is 13.1 Å². The van der Waals surface area contributed by atoms with Gasteiger partial charge in [-0.05, 0) is 30.5 Å². The van der Waals surface area contributed by atoms with Gasteiger partial charge in [0.2, 0.25) is 0 Å². The highest BCUT2D eigenvalue weighted by Crippen LogP contribution is 2.32. The maximum absolute atomic E-state index is 5.44. The van der Waals surface area contributed by atoms with Gasteiger partial charge in [0.25, 0.3) is 0 Å². The summed E-state index contributed by atoms with van der Waals surface area (Å²) in [6, 6.07) is 6.66. The molecule has 1 aliphatic rings. The number of benzene rings is 1. The highest BCUT2D eigenvalue weighted by Gasteiger charge is 2.23. The largest absolute Gasteiger partial charge is 0.493 e. The zero-order valence-corrected chi connectivity index (χ0v) is 16.3. The van der Waals surface area contributed by atoms with Gasteiger partial charge in [-0.1, -0.05) is 39.2 Å². The van der Waals surface area contributed by atoms with Crippen molar-refractivity contribution in [3.8, 4) is 11.5 Å². The molecule has 0 aliphatic heterocycles. The number of guanidine groups is 1. The van der Waals surface area contributed by atoms with Crippen LogP contribution in [0.15, 0.2) is 23.2 Å². The SMILES string of the molecule is CN=C(NCC(C)(C)c1ccc(OC)c(OC)c1)NC1CCCCC1. The van der Waals surface area contributed by atoms with Crippen LogP contribution in [0.2, 0.25) is 0 Å². The van der Waals surface area contributed by atoms with Crippen molar-refractivity contribution in [2.24, 2.45) is 4.99 Å². The Labute approximate surface area is 152 Å². The molecule has 1 saturated carbocycles. The molecular weight excluding hydrogens is 314 g/mol. The molecule has 1 aromatic rings. The molecule has 1 fully saturated rings. The van der Waals surface area contributed by atoms with E-state index in [0.717, 1.165) is 24.0 Å². The summed E-state index contributed by atoms with van der Waals surface area (Å²) in [6.07, 6.45) is 6.45. The Morgan fingerprint density at radius 3 is 2.40 bits per heavy atom. The number of nitrogens with zero attached hydrogens (tertiary/aromatic N) is 1. The molecule has 0 heterocycles. The Bertz CT molecular complexity index is 578. The first-order valence-corrected chi connectivity index (χ1v) is 9.20. The van der Waals surface area contributed by atoms with E-state index in [-0.39, 0.29) is 5.41 Å². The van der Waals surface area contributed by atoms with Crippen LogP contribution in [0.5, 0.6) is 11.5 Å². The zero-order chi connectivity index (χ0) is 18.3. The van der Waals surface area contributed by atoms with E-state index >= 15 is 0 Å². The monoisotopic (exact) mass is 347 g/mol. The topological polar surface area (TPSA) is 54.9 Å². The Kier molecular flexibility index (Phi) is 6.97. The van der Waals surface area contributed by atoms with Gasteiger partial charge >= 0.3 is 0 Å². The van der Waals surface area contributed by atoms with Gasteiger partial charge in [-0.25, -0.2) is 0 Å². The average Bonchev–Trinajstić information content (AvgIpc) is 2.65. The molecule has 0 radical (unpaired) electrons. The summed E-state index contributed by atoms with van der Waals surface area (Å²) in [6.45, 7) is 5.22. The predicted octanol–water partition coefficient (Wildman–Crippen LogP) is 3.48. The summed E-state index contributed by atoms with van der Waals surface area (Å²) in [5.41, 5.74) is 1.13. The first-order chi connectivity index (χ1) is 12.0. The summed E-state index contributed by atoms with van der Waals surface area (Å²) < 4.78 is 10.8. The highest BCUT2D eigenvalue weighted by molar-refractivity contribution is 5.80. The number of methoxy groups -OCH3 is 2. The van der Waals surface area contributed by atoms with Gasteiger partial charge < -0.3 is 20.1 Å². The summed E-state index contributed by atoms with van der Waals surface area (Å²) in [5, 5.41) is 7.05. The molecule has 0 saturated heterocycles. The first kappa shape index (κ1) is 19.4. The Balaban J connectivity index is 1.99. The van der Waals surface area contributed by atoms with Crippen molar-refractivity contribution < 1.29 is 9.47 Å². The van der Waals surface area contributed by atoms with E-state index in [4.69, 9.17) is 9.47 Å². The molecule has 0 unspecified atom stereocenters. The smallest absolute Gasteiger partial charge is 0.191 e. The lowest BCUT2D eigenvalue weighted by Crippen LogP contribution is -2.47. The zero-order valence-electron chi connectivity index (χ0n) is 16.3. The number of hydrogen-bond acceptors (Lipinski definition) is 3. The molecule has 2 rings (SSSR count). The maximum atomic E-state index is 5.44. The summed E-state index contributed by atoms with van der Waals surface area (Å²) in [4.78, 5) is 4.39. The van der Waals surface area contributed by atoms with Crippen molar-refractivity contribution >= 4 is 5.96 Å². The molecule has 5 nitrogen and oxygen atoms in total. The molecule has 0 atom stereocenters. The van der Waals surface area contributed by atoms with Crippen molar-refractivity contribution in [1.82, 2.24) is 10.6 Å². The molecule has 140 valence electrons. The molecular formula is C20H33N3O2. The second-order valence-electron chi connectivity index (χ2n) is 7.36. The number of rotatable bonds is 6. The quantitative estimate of drug-likeness (QED) is 0.611. The highest BCUT2D eigenvalue weighted by atomic mass is 16.5. The van der Waals surface area contributed by atoms with E-state index in [1.165, 1.54) is 37.7 Å². The molecule has 0 bridgehead atoms. The van der Waals surface area contributed by atoms with Crippen LogP contribution in [0.25, 0.3) is 0 Å². The van der Waals surface area contributed by atoms with E-state index in [0.29, 0.717) is 6.04 Å². The van der Waals surface area contributed by atoms with Gasteiger partial charge in [-0.3, -0.25) is 4.99 Å². The van der Waals surface area contributed by atoms with Crippen LogP contribution in [0.1, 0.15) is 51.5 Å². The van der Waals surface area contributed by atoms with E-state index < -0.39 is 0 Å². The Hall–Kier alpha value is -1.91. The van der Waals surface area contributed by atoms with Crippen LogP contribution >= 0.6 is 0 Å². The maximum Gasteiger partial charge on any atom is 0.191 e. The minimum Gasteiger partial charge on any atom is -0.493 e. The van der Waals surface area contributed by atoms with Crippen LogP contribution in [0.4, 0.5) is 0 Å². The minimum atomic E-state index is -0.0657. The van der Waals surface area contributed by atoms with Crippen molar-refractivity contribution in [1.29, 1.82) is 0 Å². The van der Waals surface area contributed by atoms with Crippen LogP contribution in [0, 0.1) is 0 Å². The van der Waals surface area contributed by atoms with Gasteiger partial charge in [0.05, 0.1) is 14.2 Å². The first-order valence-electron chi connectivity index (χ1n) is 9.20. The normalized spacial score (nSPS) is 16.4. The summed E-state index contributed by atoms with van der Waals surface area (Å²) >= 11 is 0. The van der Waals surface area contributed by atoms with Gasteiger partial charge in [0, 0.05) is 25.0 Å². The van der Waals surface area contributed by atoms with E-state index in [1.54, 1.807) is 14.2 Å². The van der Waals surface area contributed by atoms with Crippen LogP contribution < -0.4 is 20.1 Å². The second-order valence-corrected chi connectivity index (χ2v) is 7.36. The van der Waals surface area contributed by atoms with Crippen LogP contribution in [-0.2, 0) is 5.41 Å². The van der Waals surface area contributed by atoms with Gasteiger partial charge in [-0.2, -0.15) is 0 Å². The number of nitrogens with one attached hydrogen (secondary N) is 2. The van der Waals surface area contributed by atoms with Crippen molar-refractivity contribution in [2.45, 2.75) is 57.4 Å². The molecule has 0 spiro atoms. The summed E-state index contributed by atoms with van der Waals surface area (Å²) in [5.74, 6) is 2.41. The lowest BCUT2D eigenvalue weighted by molar-refractivity contribution is 0.353. The predicted molar refractivity (Wildman–Crippen MR) is 104 cm³/mol. The lowest BCUT2D eigenvalue weighted by atomic mass is 9.84. The molecule has 2 N–H and O–H groups in total. The minimum absolute atomic E-state index is 0.0657. The summed E-state index contributed by atoms with van der Waals surface area (Å²) in [7, 11) is 5.16. The van der Waals surface area contributed by atoms with Gasteiger partial charge in [-0.15, -0.1) is 0 Å². The standard InChI is InChI=1S/C20H33N3O2/c1-20(2,15-11-12-17(24-4)18(13-15)25-5)14-22-19(21-3)23-16-9-7-6-8-10-16/h11-13,16H,6-10,14H2,1-5H3,(H2,21,22,23). The number of hydrogen-bond donors (Lipinski definition) is 2. The van der Waals surface area contributed by atoms with Gasteiger partial charge in [0.1, 0.15) is 0 Å². The third-order valence-corrected chi connectivity index (χ3v) is 5.03. The molecule has 1 aliphatic carbocycles. The van der Waals surface area contributed by atoms with Crippen molar-refractivity contribution in [3.63, 3.8) is 0 Å². The van der Waals surface area contributed by atoms with E-state index in [9.17, 15) is 0 Å². The Morgan fingerprint density at radius 2 is 1.80 bits per heavy atom. The molecule has 0 amide bonds. The van der Waals surface area contributed by atoms with Crippen molar-refractivity contribution in [2.75, 3.05) is 27.8 Å². The fourth-order valence-corrected chi connectivity index (χ4v) is 3.30. The third-order valence-electron chi connectivity index (χ3n) is 5.03. The molecule has 1 aromatic carbocycles. The third kappa shape index (κ3) is 5.28. The average molecular weight is 348 g/mol. The number of aliphatic imine (C=N–C) groups is 1. The van der Waals surface area contributed by atoms with Crippen molar-refractivity contribution in [3.05, 3.63) is 23.8 Å². The Morgan fingerprint density at radius 1 is 1.12 bits per heavy atom.